The van der Waals surface area contributed by atoms with Crippen LogP contribution in [-0.4, -0.2) is 31.4 Å². The van der Waals surface area contributed by atoms with Gasteiger partial charge in [-0.1, -0.05) is 0 Å². The van der Waals surface area contributed by atoms with E-state index in [0.29, 0.717) is 18.7 Å². The van der Waals surface area contributed by atoms with Crippen molar-refractivity contribution in [2.45, 2.75) is 26.6 Å². The van der Waals surface area contributed by atoms with E-state index in [-0.39, 0.29) is 18.5 Å². The van der Waals surface area contributed by atoms with E-state index >= 15 is 0 Å². The normalized spacial score (nSPS) is 10.9. The van der Waals surface area contributed by atoms with E-state index in [1.165, 1.54) is 12.1 Å². The van der Waals surface area contributed by atoms with Crippen molar-refractivity contribution >= 4 is 5.69 Å². The molecular weight excluding hydrogens is 221 g/mol. The van der Waals surface area contributed by atoms with Crippen molar-refractivity contribution in [2.75, 3.05) is 25.1 Å². The molecule has 0 saturated heterocycles. The highest BCUT2D eigenvalue weighted by Gasteiger charge is 2.08. The molecule has 0 fully saturated rings. The van der Waals surface area contributed by atoms with Crippen LogP contribution in [0.1, 0.15) is 19.4 Å². The molecule has 0 atom stereocenters. The average Bonchev–Trinajstić information content (AvgIpc) is 2.28. The molecule has 0 aliphatic heterocycles. The van der Waals surface area contributed by atoms with E-state index in [1.54, 1.807) is 6.07 Å². The Morgan fingerprint density at radius 1 is 1.41 bits per heavy atom. The van der Waals surface area contributed by atoms with E-state index in [9.17, 15) is 9.50 Å². The van der Waals surface area contributed by atoms with Crippen LogP contribution in [0.2, 0.25) is 0 Å². The lowest BCUT2D eigenvalue weighted by Gasteiger charge is -2.22. The lowest BCUT2D eigenvalue weighted by molar-refractivity contribution is 0.0845. The molecule has 0 aliphatic carbocycles. The number of ether oxygens (including phenoxy) is 1. The van der Waals surface area contributed by atoms with Crippen LogP contribution >= 0.6 is 0 Å². The third-order valence-electron chi connectivity index (χ3n) is 2.50. The highest BCUT2D eigenvalue weighted by Crippen LogP contribution is 2.20. The first-order valence-electron chi connectivity index (χ1n) is 5.76. The Bertz CT molecular complexity index is 355. The van der Waals surface area contributed by atoms with Crippen molar-refractivity contribution in [1.29, 1.82) is 0 Å². The van der Waals surface area contributed by atoms with Crippen LogP contribution in [0.4, 0.5) is 10.1 Å². The van der Waals surface area contributed by atoms with Gasteiger partial charge in [-0.25, -0.2) is 4.39 Å². The van der Waals surface area contributed by atoms with E-state index in [1.807, 2.05) is 25.8 Å². The van der Waals surface area contributed by atoms with Gasteiger partial charge in [0.05, 0.1) is 19.3 Å². The molecule has 0 aliphatic rings. The summed E-state index contributed by atoms with van der Waals surface area (Å²) in [4.78, 5) is 1.95. The Balaban J connectivity index is 2.64. The van der Waals surface area contributed by atoms with Gasteiger partial charge in [0.2, 0.25) is 0 Å². The van der Waals surface area contributed by atoms with Crippen molar-refractivity contribution in [3.63, 3.8) is 0 Å². The van der Waals surface area contributed by atoms with Crippen molar-refractivity contribution in [3.05, 3.63) is 29.6 Å². The lowest BCUT2D eigenvalue weighted by Crippen LogP contribution is -2.25. The van der Waals surface area contributed by atoms with E-state index in [0.717, 1.165) is 5.69 Å². The van der Waals surface area contributed by atoms with E-state index < -0.39 is 0 Å². The van der Waals surface area contributed by atoms with Crippen LogP contribution in [0.15, 0.2) is 18.2 Å². The zero-order valence-corrected chi connectivity index (χ0v) is 10.6. The molecule has 3 nitrogen and oxygen atoms in total. The molecule has 96 valence electrons. The minimum absolute atomic E-state index is 0.164. The van der Waals surface area contributed by atoms with Crippen molar-refractivity contribution in [3.8, 4) is 0 Å². The average molecular weight is 241 g/mol. The summed E-state index contributed by atoms with van der Waals surface area (Å²) in [6.45, 7) is 5.11. The number of aliphatic hydroxyl groups excluding tert-OH is 1. The number of hydrogen-bond donors (Lipinski definition) is 1. The molecule has 0 amide bonds. The van der Waals surface area contributed by atoms with Gasteiger partial charge < -0.3 is 14.7 Å². The summed E-state index contributed by atoms with van der Waals surface area (Å²) in [5.41, 5.74) is 1.43. The number of rotatable bonds is 6. The monoisotopic (exact) mass is 241 g/mol. The summed E-state index contributed by atoms with van der Waals surface area (Å²) < 4.78 is 18.5. The Labute approximate surface area is 102 Å². The SMILES string of the molecule is CC(C)OCCN(C)c1ccc(F)cc1CO. The molecule has 4 heteroatoms. The first-order chi connectivity index (χ1) is 8.04. The fourth-order valence-corrected chi connectivity index (χ4v) is 1.60. The lowest BCUT2D eigenvalue weighted by atomic mass is 10.1. The molecule has 1 aromatic rings. The van der Waals surface area contributed by atoms with Gasteiger partial charge in [-0.15, -0.1) is 0 Å². The summed E-state index contributed by atoms with van der Waals surface area (Å²) >= 11 is 0. The molecular formula is C13H20FNO2. The van der Waals surface area contributed by atoms with Crippen LogP contribution < -0.4 is 4.90 Å². The number of anilines is 1. The first kappa shape index (κ1) is 13.9. The van der Waals surface area contributed by atoms with Gasteiger partial charge in [0.25, 0.3) is 0 Å². The fourth-order valence-electron chi connectivity index (χ4n) is 1.60. The molecule has 1 N–H and O–H groups in total. The van der Waals surface area contributed by atoms with Crippen molar-refractivity contribution in [1.82, 2.24) is 0 Å². The number of nitrogens with zero attached hydrogens (tertiary/aromatic N) is 1. The molecule has 0 heterocycles. The molecule has 0 saturated carbocycles. The standard InChI is InChI=1S/C13H20FNO2/c1-10(2)17-7-6-15(3)13-5-4-12(14)8-11(13)9-16/h4-5,8,10,16H,6-7,9H2,1-3H3. The Morgan fingerprint density at radius 2 is 2.12 bits per heavy atom. The zero-order valence-electron chi connectivity index (χ0n) is 10.6. The Kier molecular flexibility index (Phi) is 5.38. The second kappa shape index (κ2) is 6.57. The number of hydrogen-bond acceptors (Lipinski definition) is 3. The summed E-state index contributed by atoms with van der Waals surface area (Å²) in [6, 6.07) is 4.43. The fraction of sp³-hybridized carbons (Fsp3) is 0.538. The van der Waals surface area contributed by atoms with Crippen LogP contribution in [0, 0.1) is 5.82 Å². The van der Waals surface area contributed by atoms with Crippen LogP contribution in [0.5, 0.6) is 0 Å². The van der Waals surface area contributed by atoms with Gasteiger partial charge in [0.1, 0.15) is 5.82 Å². The Morgan fingerprint density at radius 3 is 2.71 bits per heavy atom. The van der Waals surface area contributed by atoms with Gasteiger partial charge in [-0.05, 0) is 32.0 Å². The molecule has 0 unspecified atom stereocenters. The molecule has 1 aromatic carbocycles. The maximum absolute atomic E-state index is 13.0. The van der Waals surface area contributed by atoms with Gasteiger partial charge in [0, 0.05) is 24.8 Å². The maximum atomic E-state index is 13.0. The predicted octanol–water partition coefficient (Wildman–Crippen LogP) is 2.18. The highest BCUT2D eigenvalue weighted by atomic mass is 19.1. The molecule has 0 aromatic heterocycles. The second-order valence-electron chi connectivity index (χ2n) is 4.27. The zero-order chi connectivity index (χ0) is 12.8. The topological polar surface area (TPSA) is 32.7 Å². The van der Waals surface area contributed by atoms with Crippen LogP contribution in [-0.2, 0) is 11.3 Å². The maximum Gasteiger partial charge on any atom is 0.123 e. The predicted molar refractivity (Wildman–Crippen MR) is 66.7 cm³/mol. The van der Waals surface area contributed by atoms with E-state index in [4.69, 9.17) is 4.74 Å². The molecule has 0 bridgehead atoms. The Hall–Kier alpha value is -1.13. The second-order valence-corrected chi connectivity index (χ2v) is 4.27. The molecule has 17 heavy (non-hydrogen) atoms. The number of likely N-dealkylation sites (N-methyl/N-ethyl adjacent to an activating group) is 1. The van der Waals surface area contributed by atoms with Gasteiger partial charge in [0.15, 0.2) is 0 Å². The summed E-state index contributed by atoms with van der Waals surface area (Å²) in [7, 11) is 1.90. The van der Waals surface area contributed by atoms with Crippen molar-refractivity contribution in [2.24, 2.45) is 0 Å². The van der Waals surface area contributed by atoms with Gasteiger partial charge in [-0.3, -0.25) is 0 Å². The third-order valence-corrected chi connectivity index (χ3v) is 2.50. The van der Waals surface area contributed by atoms with E-state index in [2.05, 4.69) is 0 Å². The smallest absolute Gasteiger partial charge is 0.123 e. The summed E-state index contributed by atoms with van der Waals surface area (Å²) in [5, 5.41) is 9.18. The molecule has 0 radical (unpaired) electrons. The largest absolute Gasteiger partial charge is 0.392 e. The number of benzene rings is 1. The number of aliphatic hydroxyl groups is 1. The number of halogens is 1. The minimum Gasteiger partial charge on any atom is -0.392 e. The van der Waals surface area contributed by atoms with Crippen LogP contribution in [0.25, 0.3) is 0 Å². The first-order valence-corrected chi connectivity index (χ1v) is 5.76. The summed E-state index contributed by atoms with van der Waals surface area (Å²) in [5.74, 6) is -0.329. The van der Waals surface area contributed by atoms with Crippen LogP contribution in [0.3, 0.4) is 0 Å². The highest BCUT2D eigenvalue weighted by molar-refractivity contribution is 5.52. The third kappa shape index (κ3) is 4.32. The molecule has 1 rings (SSSR count). The quantitative estimate of drug-likeness (QED) is 0.828. The minimum atomic E-state index is -0.329. The summed E-state index contributed by atoms with van der Waals surface area (Å²) in [6.07, 6.45) is 0.203. The van der Waals surface area contributed by atoms with Gasteiger partial charge >= 0.3 is 0 Å². The van der Waals surface area contributed by atoms with Crippen molar-refractivity contribution < 1.29 is 14.2 Å². The van der Waals surface area contributed by atoms with Gasteiger partial charge in [-0.2, -0.15) is 0 Å². The molecule has 0 spiro atoms.